The number of aliphatic carboxylic acids is 1. The van der Waals surface area contributed by atoms with Gasteiger partial charge in [-0.05, 0) is 31.2 Å². The number of anilines is 1. The number of para-hydroxylation sites is 1. The highest BCUT2D eigenvalue weighted by Gasteiger charge is 2.51. The number of nitrogens with zero attached hydrogens (tertiary/aromatic N) is 3. The summed E-state index contributed by atoms with van der Waals surface area (Å²) in [7, 11) is 0. The molecule has 0 saturated carbocycles. The fourth-order valence-corrected chi connectivity index (χ4v) is 4.61. The van der Waals surface area contributed by atoms with Crippen LogP contribution in [0.15, 0.2) is 65.5 Å². The number of amides is 2. The number of carbonyl (C=O) groups excluding carboxylic acids is 2. The first-order chi connectivity index (χ1) is 15.3. The number of fused-ring (bicyclic) bond motifs is 1. The summed E-state index contributed by atoms with van der Waals surface area (Å²) in [5, 5.41) is 15.1. The zero-order chi connectivity index (χ0) is 22.8. The largest absolute Gasteiger partial charge is 0.478 e. The maximum absolute atomic E-state index is 13.1. The highest BCUT2D eigenvalue weighted by atomic mass is 32.2. The molecule has 10 nitrogen and oxygen atoms in total. The number of thioether (sulfide) groups is 1. The molecule has 3 atom stereocenters. The third kappa shape index (κ3) is 4.14. The predicted octanol–water partition coefficient (Wildman–Crippen LogP) is 1.20. The lowest BCUT2D eigenvalue weighted by atomic mass is 10.1. The van der Waals surface area contributed by atoms with Crippen LogP contribution in [0.2, 0.25) is 0 Å². The van der Waals surface area contributed by atoms with Gasteiger partial charge in [0.25, 0.3) is 11.8 Å². The van der Waals surface area contributed by atoms with E-state index in [1.165, 1.54) is 22.9 Å². The molecule has 2 aromatic rings. The summed E-state index contributed by atoms with van der Waals surface area (Å²) in [5.74, 6) is -1.56. The van der Waals surface area contributed by atoms with E-state index in [0.29, 0.717) is 5.75 Å². The standard InChI is InChI=1S/C21H19N5O5S/c1-11-13(21(29)30)10-26-19(28)17(20(26)32-11)24-18(27)16(14-8-5-9-15(22)23-14)25-31-12-6-3-2-4-7-12/h2-11,17,20H,1H3,(H2,22,23)(H,24,27)(H,29,30)/t11?,17?,20-/m1/s1. The van der Waals surface area contributed by atoms with Gasteiger partial charge in [0.1, 0.15) is 22.9 Å². The van der Waals surface area contributed by atoms with Crippen LogP contribution in [0.25, 0.3) is 0 Å². The first kappa shape index (κ1) is 21.4. The van der Waals surface area contributed by atoms with Gasteiger partial charge in [0.2, 0.25) is 0 Å². The van der Waals surface area contributed by atoms with E-state index in [4.69, 9.17) is 10.6 Å². The van der Waals surface area contributed by atoms with Crippen LogP contribution in [0.5, 0.6) is 5.75 Å². The Morgan fingerprint density at radius 2 is 1.97 bits per heavy atom. The zero-order valence-corrected chi connectivity index (χ0v) is 17.7. The van der Waals surface area contributed by atoms with Crippen molar-refractivity contribution in [2.75, 3.05) is 5.73 Å². The van der Waals surface area contributed by atoms with Crippen LogP contribution in [-0.2, 0) is 14.4 Å². The minimum Gasteiger partial charge on any atom is -0.478 e. The van der Waals surface area contributed by atoms with E-state index >= 15 is 0 Å². The van der Waals surface area contributed by atoms with Gasteiger partial charge in [0.15, 0.2) is 11.5 Å². The molecule has 2 aliphatic rings. The number of nitrogens with one attached hydrogen (secondary N) is 1. The second kappa shape index (κ2) is 8.71. The number of carboxylic acids is 1. The van der Waals surface area contributed by atoms with Gasteiger partial charge < -0.3 is 25.9 Å². The van der Waals surface area contributed by atoms with Crippen molar-refractivity contribution in [1.29, 1.82) is 0 Å². The molecule has 11 heteroatoms. The van der Waals surface area contributed by atoms with E-state index in [0.717, 1.165) is 0 Å². The van der Waals surface area contributed by atoms with Gasteiger partial charge in [0, 0.05) is 11.4 Å². The summed E-state index contributed by atoms with van der Waals surface area (Å²) >= 11 is 1.28. The number of β-lactam (4-membered cyclic amide) rings is 1. The van der Waals surface area contributed by atoms with Gasteiger partial charge in [-0.25, -0.2) is 9.78 Å². The predicted molar refractivity (Wildman–Crippen MR) is 118 cm³/mol. The molecule has 1 aromatic carbocycles. The molecule has 0 aliphatic carbocycles. The summed E-state index contributed by atoms with van der Waals surface area (Å²) in [6.07, 6.45) is 1.33. The minimum absolute atomic E-state index is 0.131. The number of nitrogens with two attached hydrogens (primary N) is 1. The van der Waals surface area contributed by atoms with Crippen LogP contribution in [0.3, 0.4) is 0 Å². The lowest BCUT2D eigenvalue weighted by molar-refractivity contribution is -0.144. The number of hydrogen-bond acceptors (Lipinski definition) is 8. The quantitative estimate of drug-likeness (QED) is 0.336. The first-order valence-corrected chi connectivity index (χ1v) is 10.6. The maximum atomic E-state index is 13.1. The second-order valence-corrected chi connectivity index (χ2v) is 8.51. The normalized spacial score (nSPS) is 22.3. The van der Waals surface area contributed by atoms with Crippen LogP contribution in [0.4, 0.5) is 5.82 Å². The molecule has 4 N–H and O–H groups in total. The Labute approximate surface area is 187 Å². The number of carbonyl (C=O) groups is 3. The highest BCUT2D eigenvalue weighted by Crippen LogP contribution is 2.40. The Morgan fingerprint density at radius 1 is 1.22 bits per heavy atom. The number of pyridine rings is 1. The average molecular weight is 453 g/mol. The molecule has 32 heavy (non-hydrogen) atoms. The molecule has 0 radical (unpaired) electrons. The Balaban J connectivity index is 1.56. The third-order valence-corrected chi connectivity index (χ3v) is 6.33. The van der Waals surface area contributed by atoms with E-state index in [1.807, 2.05) is 6.07 Å². The summed E-state index contributed by atoms with van der Waals surface area (Å²) in [5.41, 5.74) is 5.91. The van der Waals surface area contributed by atoms with Crippen molar-refractivity contribution in [3.05, 3.63) is 66.0 Å². The van der Waals surface area contributed by atoms with Crippen molar-refractivity contribution in [3.63, 3.8) is 0 Å². The molecule has 0 bridgehead atoms. The smallest absolute Gasteiger partial charge is 0.334 e. The van der Waals surface area contributed by atoms with Crippen molar-refractivity contribution >= 4 is 41.1 Å². The van der Waals surface area contributed by atoms with E-state index < -0.39 is 29.2 Å². The molecule has 0 spiro atoms. The van der Waals surface area contributed by atoms with E-state index in [2.05, 4.69) is 15.5 Å². The summed E-state index contributed by atoms with van der Waals surface area (Å²) < 4.78 is 0. The number of hydrogen-bond donors (Lipinski definition) is 3. The number of benzene rings is 1. The SMILES string of the molecule is CC1S[C@@H]2C(NC(=O)C(=NOc3ccccc3)c3cccc(N)n3)C(=O)N2C=C1C(=O)O. The van der Waals surface area contributed by atoms with Crippen molar-refractivity contribution in [2.24, 2.45) is 5.16 Å². The van der Waals surface area contributed by atoms with Gasteiger partial charge in [-0.1, -0.05) is 29.4 Å². The number of aromatic nitrogens is 1. The van der Waals surface area contributed by atoms with Crippen molar-refractivity contribution in [3.8, 4) is 5.75 Å². The fourth-order valence-electron chi connectivity index (χ4n) is 3.24. The van der Waals surface area contributed by atoms with Crippen LogP contribution in [0.1, 0.15) is 12.6 Å². The molecule has 164 valence electrons. The Morgan fingerprint density at radius 3 is 2.66 bits per heavy atom. The van der Waals surface area contributed by atoms with Crippen LogP contribution < -0.4 is 15.9 Å². The van der Waals surface area contributed by atoms with Gasteiger partial charge >= 0.3 is 5.97 Å². The van der Waals surface area contributed by atoms with Crippen molar-refractivity contribution < 1.29 is 24.3 Å². The molecule has 1 fully saturated rings. The molecule has 1 aromatic heterocycles. The van der Waals surface area contributed by atoms with Gasteiger partial charge in [0.05, 0.1) is 5.57 Å². The van der Waals surface area contributed by atoms with Crippen LogP contribution in [0, 0.1) is 0 Å². The topological polar surface area (TPSA) is 147 Å². The zero-order valence-electron chi connectivity index (χ0n) is 16.8. The number of rotatable bonds is 6. The minimum atomic E-state index is -1.08. The molecule has 1 saturated heterocycles. The molecule has 4 rings (SSSR count). The lowest BCUT2D eigenvalue weighted by Crippen LogP contribution is -2.69. The number of carboxylic acid groups (broad SMARTS) is 1. The molecule has 2 unspecified atom stereocenters. The molecular formula is C21H19N5O5S. The first-order valence-electron chi connectivity index (χ1n) is 9.61. The summed E-state index contributed by atoms with van der Waals surface area (Å²) in [6, 6.07) is 12.6. The Kier molecular flexibility index (Phi) is 5.82. The number of nitrogen functional groups attached to an aromatic ring is 1. The van der Waals surface area contributed by atoms with Crippen molar-refractivity contribution in [1.82, 2.24) is 15.2 Å². The van der Waals surface area contributed by atoms with E-state index in [1.54, 1.807) is 49.4 Å². The summed E-state index contributed by atoms with van der Waals surface area (Å²) in [4.78, 5) is 47.8. The Hall–Kier alpha value is -3.86. The lowest BCUT2D eigenvalue weighted by Gasteiger charge is -2.48. The van der Waals surface area contributed by atoms with E-state index in [9.17, 15) is 19.5 Å². The highest BCUT2D eigenvalue weighted by molar-refractivity contribution is 8.00. The van der Waals surface area contributed by atoms with Gasteiger partial charge in [-0.3, -0.25) is 9.59 Å². The maximum Gasteiger partial charge on any atom is 0.334 e. The summed E-state index contributed by atoms with van der Waals surface area (Å²) in [6.45, 7) is 1.74. The Bertz CT molecular complexity index is 1140. The van der Waals surface area contributed by atoms with Crippen LogP contribution in [-0.4, -0.2) is 55.2 Å². The van der Waals surface area contributed by atoms with Gasteiger partial charge in [-0.15, -0.1) is 11.8 Å². The second-order valence-electron chi connectivity index (χ2n) is 7.05. The molecule has 2 amide bonds. The fraction of sp³-hybridized carbons (Fsp3) is 0.190. The molecule has 2 aliphatic heterocycles. The monoisotopic (exact) mass is 453 g/mol. The molecule has 3 heterocycles. The van der Waals surface area contributed by atoms with E-state index in [-0.39, 0.29) is 28.0 Å². The van der Waals surface area contributed by atoms with Crippen LogP contribution >= 0.6 is 11.8 Å². The average Bonchev–Trinajstić information content (AvgIpc) is 2.78. The number of oxime groups is 1. The molecular weight excluding hydrogens is 434 g/mol. The van der Waals surface area contributed by atoms with Crippen molar-refractivity contribution in [2.45, 2.75) is 23.6 Å². The van der Waals surface area contributed by atoms with Gasteiger partial charge in [-0.2, -0.15) is 0 Å². The third-order valence-electron chi connectivity index (χ3n) is 4.89.